The van der Waals surface area contributed by atoms with Crippen LogP contribution in [-0.4, -0.2) is 43.6 Å². The Labute approximate surface area is 182 Å². The van der Waals surface area contributed by atoms with Crippen molar-refractivity contribution < 1.29 is 9.47 Å². The number of benzene rings is 3. The first kappa shape index (κ1) is 18.3. The van der Waals surface area contributed by atoms with Gasteiger partial charge in [-0.25, -0.2) is 9.03 Å². The quantitative estimate of drug-likeness (QED) is 0.422. The van der Waals surface area contributed by atoms with E-state index in [9.17, 15) is 0 Å². The highest BCUT2D eigenvalue weighted by molar-refractivity contribution is 6.02. The largest absolute Gasteiger partial charge is 0.496 e. The Bertz CT molecular complexity index is 1500. The molecule has 0 aliphatic carbocycles. The second-order valence-corrected chi connectivity index (χ2v) is 7.26. The van der Waals surface area contributed by atoms with Gasteiger partial charge in [-0.2, -0.15) is 0 Å². The van der Waals surface area contributed by atoms with E-state index in [4.69, 9.17) is 9.47 Å². The molecule has 0 radical (unpaired) electrons. The first-order valence-electron chi connectivity index (χ1n) is 10.1. The summed E-state index contributed by atoms with van der Waals surface area (Å²) in [6.07, 6.45) is 0. The summed E-state index contributed by atoms with van der Waals surface area (Å²) >= 11 is 0. The standard InChI is InChI=1S/C24H18N6O2/c1-31-19-13-7-5-11-17(19)23-27-25-21-15-9-3-4-10-16(15)22-26-28-24(30(22)29(21)23)18-12-6-8-14-20(18)32-2/h3-14H,1-2H3. The normalized spacial score (nSPS) is 11.4. The molecule has 0 saturated heterocycles. The molecule has 156 valence electrons. The van der Waals surface area contributed by atoms with Gasteiger partial charge < -0.3 is 9.47 Å². The Morgan fingerprint density at radius 1 is 0.531 bits per heavy atom. The molecule has 6 aromatic rings. The minimum absolute atomic E-state index is 0.629. The third kappa shape index (κ3) is 2.49. The van der Waals surface area contributed by atoms with Crippen LogP contribution in [0.25, 0.3) is 44.8 Å². The Morgan fingerprint density at radius 2 is 0.938 bits per heavy atom. The van der Waals surface area contributed by atoms with E-state index >= 15 is 0 Å². The maximum atomic E-state index is 5.61. The number of fused-ring (bicyclic) bond motifs is 6. The summed E-state index contributed by atoms with van der Waals surface area (Å²) < 4.78 is 15.1. The van der Waals surface area contributed by atoms with E-state index < -0.39 is 0 Å². The van der Waals surface area contributed by atoms with E-state index in [1.165, 1.54) is 0 Å². The summed E-state index contributed by atoms with van der Waals surface area (Å²) in [7, 11) is 3.29. The number of hydrogen-bond acceptors (Lipinski definition) is 6. The fraction of sp³-hybridized carbons (Fsp3) is 0.0833. The van der Waals surface area contributed by atoms with E-state index in [0.29, 0.717) is 34.4 Å². The van der Waals surface area contributed by atoms with Crippen molar-refractivity contribution in [1.29, 1.82) is 0 Å². The van der Waals surface area contributed by atoms with Crippen LogP contribution in [0.5, 0.6) is 11.5 Å². The predicted octanol–water partition coefficient (Wildman–Crippen LogP) is 4.28. The molecule has 0 aliphatic rings. The molecule has 3 aromatic heterocycles. The van der Waals surface area contributed by atoms with Gasteiger partial charge in [0.15, 0.2) is 22.9 Å². The van der Waals surface area contributed by atoms with Gasteiger partial charge >= 0.3 is 0 Å². The zero-order valence-electron chi connectivity index (χ0n) is 17.4. The fourth-order valence-corrected chi connectivity index (χ4v) is 4.14. The van der Waals surface area contributed by atoms with Crippen LogP contribution in [0.3, 0.4) is 0 Å². The molecule has 0 fully saturated rings. The van der Waals surface area contributed by atoms with Crippen molar-refractivity contribution in [2.75, 3.05) is 14.2 Å². The molecular weight excluding hydrogens is 404 g/mol. The van der Waals surface area contributed by atoms with Crippen LogP contribution in [0.1, 0.15) is 0 Å². The number of methoxy groups -OCH3 is 2. The molecular formula is C24H18N6O2. The molecule has 0 amide bonds. The van der Waals surface area contributed by atoms with Crippen LogP contribution < -0.4 is 9.47 Å². The van der Waals surface area contributed by atoms with Crippen LogP contribution in [-0.2, 0) is 0 Å². The molecule has 0 aliphatic heterocycles. The number of aromatic nitrogens is 6. The smallest absolute Gasteiger partial charge is 0.187 e. The van der Waals surface area contributed by atoms with Gasteiger partial charge in [0.25, 0.3) is 0 Å². The van der Waals surface area contributed by atoms with Crippen LogP contribution in [0, 0.1) is 0 Å². The molecule has 0 saturated carbocycles. The topological polar surface area (TPSA) is 78.8 Å². The highest BCUT2D eigenvalue weighted by Crippen LogP contribution is 2.34. The molecule has 8 heteroatoms. The summed E-state index contributed by atoms with van der Waals surface area (Å²) in [6, 6.07) is 23.5. The minimum atomic E-state index is 0.629. The van der Waals surface area contributed by atoms with E-state index in [1.54, 1.807) is 14.2 Å². The Kier molecular flexibility index (Phi) is 4.04. The van der Waals surface area contributed by atoms with Gasteiger partial charge in [0.05, 0.1) is 25.3 Å². The number of hydrogen-bond donors (Lipinski definition) is 0. The zero-order valence-corrected chi connectivity index (χ0v) is 17.4. The summed E-state index contributed by atoms with van der Waals surface area (Å²) in [5.41, 5.74) is 3.03. The summed E-state index contributed by atoms with van der Waals surface area (Å²) in [4.78, 5) is 0. The number of ether oxygens (including phenoxy) is 2. The van der Waals surface area contributed by atoms with Crippen molar-refractivity contribution in [2.24, 2.45) is 0 Å². The van der Waals surface area contributed by atoms with Gasteiger partial charge in [0, 0.05) is 10.8 Å². The van der Waals surface area contributed by atoms with Crippen LogP contribution in [0.4, 0.5) is 0 Å². The molecule has 3 aromatic carbocycles. The van der Waals surface area contributed by atoms with E-state index in [2.05, 4.69) is 20.4 Å². The minimum Gasteiger partial charge on any atom is -0.496 e. The van der Waals surface area contributed by atoms with E-state index in [-0.39, 0.29) is 0 Å². The highest BCUT2D eigenvalue weighted by Gasteiger charge is 2.23. The summed E-state index contributed by atoms with van der Waals surface area (Å²) in [5.74, 6) is 2.67. The molecule has 8 nitrogen and oxygen atoms in total. The second kappa shape index (κ2) is 7.05. The Morgan fingerprint density at radius 3 is 1.38 bits per heavy atom. The second-order valence-electron chi connectivity index (χ2n) is 7.26. The van der Waals surface area contributed by atoms with Crippen molar-refractivity contribution in [3.05, 3.63) is 72.8 Å². The van der Waals surface area contributed by atoms with Gasteiger partial charge in [0.2, 0.25) is 0 Å². The molecule has 0 bridgehead atoms. The van der Waals surface area contributed by atoms with Gasteiger partial charge in [-0.15, -0.1) is 20.4 Å². The first-order chi connectivity index (χ1) is 15.8. The SMILES string of the molecule is COc1ccccc1-c1nnc2c3ccccc3c3nnc(-c4ccccc4OC)n3n12. The van der Waals surface area contributed by atoms with Gasteiger partial charge in [-0.1, -0.05) is 48.5 Å². The van der Waals surface area contributed by atoms with Crippen LogP contribution in [0.2, 0.25) is 0 Å². The van der Waals surface area contributed by atoms with Gasteiger partial charge in [0.1, 0.15) is 11.5 Å². The highest BCUT2D eigenvalue weighted by atomic mass is 16.5. The lowest BCUT2D eigenvalue weighted by Crippen LogP contribution is -2.06. The Balaban J connectivity index is 1.82. The summed E-state index contributed by atoms with van der Waals surface area (Å²) in [5, 5.41) is 20.1. The van der Waals surface area contributed by atoms with E-state index in [0.717, 1.165) is 21.9 Å². The van der Waals surface area contributed by atoms with E-state index in [1.807, 2.05) is 81.8 Å². The maximum Gasteiger partial charge on any atom is 0.187 e. The molecule has 3 heterocycles. The monoisotopic (exact) mass is 422 g/mol. The average molecular weight is 422 g/mol. The molecule has 0 atom stereocenters. The summed E-state index contributed by atoms with van der Waals surface area (Å²) in [6.45, 7) is 0. The predicted molar refractivity (Wildman–Crippen MR) is 121 cm³/mol. The van der Waals surface area contributed by atoms with Crippen LogP contribution >= 0.6 is 0 Å². The fourth-order valence-electron chi connectivity index (χ4n) is 4.14. The van der Waals surface area contributed by atoms with Crippen LogP contribution in [0.15, 0.2) is 72.8 Å². The molecule has 0 N–H and O–H groups in total. The molecule has 6 rings (SSSR count). The third-order valence-electron chi connectivity index (χ3n) is 5.59. The lowest BCUT2D eigenvalue weighted by Gasteiger charge is -2.12. The maximum absolute atomic E-state index is 5.61. The van der Waals surface area contributed by atoms with Crippen molar-refractivity contribution in [1.82, 2.24) is 29.4 Å². The number of para-hydroxylation sites is 2. The van der Waals surface area contributed by atoms with Crippen molar-refractivity contribution in [3.8, 4) is 34.3 Å². The Hall–Kier alpha value is -4.46. The molecule has 32 heavy (non-hydrogen) atoms. The lowest BCUT2D eigenvalue weighted by molar-refractivity contribution is 0.415. The van der Waals surface area contributed by atoms with Gasteiger partial charge in [-0.05, 0) is 24.3 Å². The molecule has 0 unspecified atom stereocenters. The van der Waals surface area contributed by atoms with Crippen molar-refractivity contribution >= 4 is 22.1 Å². The van der Waals surface area contributed by atoms with Crippen molar-refractivity contribution in [3.63, 3.8) is 0 Å². The lowest BCUT2D eigenvalue weighted by atomic mass is 10.1. The number of nitrogens with zero attached hydrogens (tertiary/aromatic N) is 6. The van der Waals surface area contributed by atoms with Gasteiger partial charge in [-0.3, -0.25) is 0 Å². The van der Waals surface area contributed by atoms with Crippen molar-refractivity contribution in [2.45, 2.75) is 0 Å². The molecule has 0 spiro atoms. The first-order valence-corrected chi connectivity index (χ1v) is 10.1. The zero-order chi connectivity index (χ0) is 21.7. The third-order valence-corrected chi connectivity index (χ3v) is 5.59. The number of rotatable bonds is 4. The average Bonchev–Trinajstić information content (AvgIpc) is 3.49.